The molecule has 1 aliphatic carbocycles. The van der Waals surface area contributed by atoms with Crippen LogP contribution in [0.1, 0.15) is 91.0 Å². The highest BCUT2D eigenvalue weighted by molar-refractivity contribution is 5.81. The molecular formula is C32H47F2N3O3. The Hall–Kier alpha value is -2.22. The molecule has 3 aliphatic heterocycles. The SMILES string of the molecule is CC(C)(C)N1CC(c2ccc(F)cc2F)[C@H](C(=O)N2CCC(CN3C(=O)OCC3(C)C)(C3CCCCC3)CC2)C1. The van der Waals surface area contributed by atoms with Gasteiger partial charge in [0.1, 0.15) is 18.2 Å². The van der Waals surface area contributed by atoms with Crippen molar-refractivity contribution < 1.29 is 23.1 Å². The third kappa shape index (κ3) is 5.62. The van der Waals surface area contributed by atoms with Crippen molar-refractivity contribution in [3.05, 3.63) is 35.4 Å². The fourth-order valence-electron chi connectivity index (χ4n) is 7.77. The van der Waals surface area contributed by atoms with E-state index in [4.69, 9.17) is 4.74 Å². The first-order valence-corrected chi connectivity index (χ1v) is 15.2. The minimum Gasteiger partial charge on any atom is -0.447 e. The van der Waals surface area contributed by atoms with Gasteiger partial charge in [-0.1, -0.05) is 25.3 Å². The fourth-order valence-corrected chi connectivity index (χ4v) is 7.77. The summed E-state index contributed by atoms with van der Waals surface area (Å²) in [7, 11) is 0. The number of likely N-dealkylation sites (tertiary alicyclic amines) is 2. The van der Waals surface area contributed by atoms with Crippen LogP contribution in [-0.4, -0.2) is 77.1 Å². The number of carbonyl (C=O) groups is 2. The summed E-state index contributed by atoms with van der Waals surface area (Å²) in [4.78, 5) is 33.1. The number of carbonyl (C=O) groups excluding carboxylic acids is 2. The molecule has 4 fully saturated rings. The predicted octanol–water partition coefficient (Wildman–Crippen LogP) is 6.20. The van der Waals surface area contributed by atoms with E-state index in [2.05, 4.69) is 39.5 Å². The second kappa shape index (κ2) is 10.9. The second-order valence-electron chi connectivity index (χ2n) is 14.4. The van der Waals surface area contributed by atoms with Crippen LogP contribution in [0.2, 0.25) is 0 Å². The Labute approximate surface area is 238 Å². The lowest BCUT2D eigenvalue weighted by molar-refractivity contribution is -0.139. The van der Waals surface area contributed by atoms with Crippen molar-refractivity contribution in [2.45, 2.75) is 96.6 Å². The molecule has 222 valence electrons. The summed E-state index contributed by atoms with van der Waals surface area (Å²) in [5, 5.41) is 0. The fraction of sp³-hybridized carbons (Fsp3) is 0.750. The Morgan fingerprint density at radius 2 is 1.73 bits per heavy atom. The highest BCUT2D eigenvalue weighted by Gasteiger charge is 2.51. The average molecular weight is 560 g/mol. The summed E-state index contributed by atoms with van der Waals surface area (Å²) in [6.45, 7) is 14.0. The van der Waals surface area contributed by atoms with Crippen LogP contribution in [0.4, 0.5) is 13.6 Å². The molecule has 1 aromatic rings. The van der Waals surface area contributed by atoms with E-state index in [1.165, 1.54) is 44.2 Å². The maximum absolute atomic E-state index is 15.0. The Balaban J connectivity index is 1.36. The van der Waals surface area contributed by atoms with Crippen LogP contribution in [0.25, 0.3) is 0 Å². The van der Waals surface area contributed by atoms with Gasteiger partial charge in [0.05, 0.1) is 11.5 Å². The number of nitrogens with zero attached hydrogens (tertiary/aromatic N) is 3. The highest BCUT2D eigenvalue weighted by atomic mass is 19.1. The van der Waals surface area contributed by atoms with Crippen molar-refractivity contribution in [1.29, 1.82) is 0 Å². The summed E-state index contributed by atoms with van der Waals surface area (Å²) >= 11 is 0. The minimum atomic E-state index is -0.602. The molecule has 2 amide bonds. The van der Waals surface area contributed by atoms with E-state index >= 15 is 0 Å². The minimum absolute atomic E-state index is 0.0343. The molecule has 6 nitrogen and oxygen atoms in total. The van der Waals surface area contributed by atoms with Crippen molar-refractivity contribution in [3.8, 4) is 0 Å². The standard InChI is InChI=1S/C32H47F2N3O3/c1-30(2,3)36-18-25(24-12-11-23(33)17-27(24)34)26(19-36)28(38)35-15-13-32(14-16-35,22-9-7-6-8-10-22)20-37-29(39)40-21-31(37,4)5/h11-12,17,22,25-26H,6-10,13-16,18-21H2,1-5H3/t25?,26-/m1/s1. The highest BCUT2D eigenvalue weighted by Crippen LogP contribution is 2.48. The molecule has 1 unspecified atom stereocenters. The van der Waals surface area contributed by atoms with Gasteiger partial charge in [0.25, 0.3) is 0 Å². The van der Waals surface area contributed by atoms with Crippen LogP contribution < -0.4 is 0 Å². The van der Waals surface area contributed by atoms with E-state index in [9.17, 15) is 18.4 Å². The molecule has 0 radical (unpaired) electrons. The van der Waals surface area contributed by atoms with Gasteiger partial charge >= 0.3 is 6.09 Å². The van der Waals surface area contributed by atoms with Crippen molar-refractivity contribution >= 4 is 12.0 Å². The third-order valence-electron chi connectivity index (χ3n) is 10.5. The number of amides is 2. The Kier molecular flexibility index (Phi) is 7.97. The zero-order valence-electron chi connectivity index (χ0n) is 25.0. The molecule has 0 aromatic heterocycles. The molecule has 1 saturated carbocycles. The van der Waals surface area contributed by atoms with E-state index in [0.29, 0.717) is 50.8 Å². The van der Waals surface area contributed by atoms with Crippen LogP contribution in [0.3, 0.4) is 0 Å². The third-order valence-corrected chi connectivity index (χ3v) is 10.5. The van der Waals surface area contributed by atoms with Crippen molar-refractivity contribution in [2.75, 3.05) is 39.3 Å². The summed E-state index contributed by atoms with van der Waals surface area (Å²) < 4.78 is 34.2. The molecule has 1 aromatic carbocycles. The lowest BCUT2D eigenvalue weighted by atomic mass is 9.63. The maximum Gasteiger partial charge on any atom is 0.410 e. The number of hydrogen-bond acceptors (Lipinski definition) is 4. The number of benzene rings is 1. The first-order chi connectivity index (χ1) is 18.8. The Morgan fingerprint density at radius 1 is 1.05 bits per heavy atom. The lowest BCUT2D eigenvalue weighted by Gasteiger charge is -2.51. The summed E-state index contributed by atoms with van der Waals surface area (Å²) in [5.41, 5.74) is -0.111. The quantitative estimate of drug-likeness (QED) is 0.431. The molecule has 40 heavy (non-hydrogen) atoms. The molecule has 5 rings (SSSR count). The zero-order valence-corrected chi connectivity index (χ0v) is 25.0. The topological polar surface area (TPSA) is 53.1 Å². The molecule has 0 N–H and O–H groups in total. The van der Waals surface area contributed by atoms with Crippen LogP contribution >= 0.6 is 0 Å². The number of hydrogen-bond donors (Lipinski definition) is 0. The summed E-state index contributed by atoms with van der Waals surface area (Å²) in [6, 6.07) is 3.74. The van der Waals surface area contributed by atoms with Crippen LogP contribution in [0.5, 0.6) is 0 Å². The molecule has 4 aliphatic rings. The van der Waals surface area contributed by atoms with E-state index in [0.717, 1.165) is 18.9 Å². The lowest BCUT2D eigenvalue weighted by Crippen LogP contribution is -2.55. The molecule has 0 spiro atoms. The van der Waals surface area contributed by atoms with Crippen molar-refractivity contribution in [1.82, 2.24) is 14.7 Å². The van der Waals surface area contributed by atoms with Gasteiger partial charge in [-0.25, -0.2) is 13.6 Å². The Bertz CT molecular complexity index is 1100. The number of halogens is 2. The zero-order chi connectivity index (χ0) is 28.9. The summed E-state index contributed by atoms with van der Waals surface area (Å²) in [6.07, 6.45) is 7.54. The number of rotatable bonds is 5. The van der Waals surface area contributed by atoms with Gasteiger partial charge < -0.3 is 9.64 Å². The average Bonchev–Trinajstić information content (AvgIpc) is 3.46. The van der Waals surface area contributed by atoms with E-state index in [1.54, 1.807) is 0 Å². The normalized spacial score (nSPS) is 27.7. The number of piperidine rings is 1. The van der Waals surface area contributed by atoms with Crippen LogP contribution in [-0.2, 0) is 9.53 Å². The second-order valence-corrected chi connectivity index (χ2v) is 14.4. The largest absolute Gasteiger partial charge is 0.447 e. The van der Waals surface area contributed by atoms with E-state index in [-0.39, 0.29) is 40.3 Å². The van der Waals surface area contributed by atoms with Gasteiger partial charge in [0, 0.05) is 50.2 Å². The van der Waals surface area contributed by atoms with Gasteiger partial charge in [-0.05, 0) is 83.3 Å². The Morgan fingerprint density at radius 3 is 2.30 bits per heavy atom. The smallest absolute Gasteiger partial charge is 0.410 e. The first-order valence-electron chi connectivity index (χ1n) is 15.2. The molecule has 3 saturated heterocycles. The maximum atomic E-state index is 15.0. The first kappa shape index (κ1) is 29.3. The van der Waals surface area contributed by atoms with E-state index < -0.39 is 11.6 Å². The van der Waals surface area contributed by atoms with E-state index in [1.807, 2.05) is 9.80 Å². The van der Waals surface area contributed by atoms with Gasteiger partial charge in [-0.3, -0.25) is 14.6 Å². The number of cyclic esters (lactones) is 1. The van der Waals surface area contributed by atoms with Gasteiger partial charge in [0.2, 0.25) is 5.91 Å². The van der Waals surface area contributed by atoms with Gasteiger partial charge in [-0.15, -0.1) is 0 Å². The molecule has 0 bridgehead atoms. The predicted molar refractivity (Wildman–Crippen MR) is 151 cm³/mol. The molecule has 8 heteroatoms. The monoisotopic (exact) mass is 559 g/mol. The summed E-state index contributed by atoms with van der Waals surface area (Å²) in [5.74, 6) is -1.28. The van der Waals surface area contributed by atoms with Crippen molar-refractivity contribution in [2.24, 2.45) is 17.3 Å². The molecular weight excluding hydrogens is 512 g/mol. The van der Waals surface area contributed by atoms with Crippen LogP contribution in [0.15, 0.2) is 18.2 Å². The van der Waals surface area contributed by atoms with Crippen LogP contribution in [0, 0.1) is 28.9 Å². The van der Waals surface area contributed by atoms with Gasteiger partial charge in [0.15, 0.2) is 0 Å². The molecule has 3 heterocycles. The van der Waals surface area contributed by atoms with Gasteiger partial charge in [-0.2, -0.15) is 0 Å². The van der Waals surface area contributed by atoms with Crippen molar-refractivity contribution in [3.63, 3.8) is 0 Å². The molecule has 2 atom stereocenters. The number of ether oxygens (including phenoxy) is 1.